The number of carboxylic acid groups (broad SMARTS) is 1. The summed E-state index contributed by atoms with van der Waals surface area (Å²) in [5, 5.41) is 17.1. The molecule has 0 radical (unpaired) electrons. The number of amides is 2. The van der Waals surface area contributed by atoms with Crippen LogP contribution in [0.4, 0.5) is 4.79 Å². The van der Waals surface area contributed by atoms with Gasteiger partial charge in [-0.25, -0.2) is 9.59 Å². The minimum absolute atomic E-state index is 0.193. The summed E-state index contributed by atoms with van der Waals surface area (Å²) < 4.78 is 4.57. The number of nitrogens with one attached hydrogen (secondary N) is 2. The summed E-state index contributed by atoms with van der Waals surface area (Å²) in [5.41, 5.74) is 0.568. The smallest absolute Gasteiger partial charge is 0.326 e. The summed E-state index contributed by atoms with van der Waals surface area (Å²) in [6.45, 7) is 1.87. The van der Waals surface area contributed by atoms with Gasteiger partial charge in [0.15, 0.2) is 0 Å². The number of urea groups is 1. The van der Waals surface area contributed by atoms with Gasteiger partial charge < -0.3 is 20.3 Å². The number of hydrogen-bond acceptors (Lipinski definition) is 4. The number of aliphatic carboxylic acids is 1. The van der Waals surface area contributed by atoms with Gasteiger partial charge >= 0.3 is 12.0 Å². The van der Waals surface area contributed by atoms with Crippen LogP contribution in [0.3, 0.4) is 0 Å². The second-order valence-electron chi connectivity index (χ2n) is 3.12. The van der Waals surface area contributed by atoms with E-state index in [2.05, 4.69) is 20.3 Å². The van der Waals surface area contributed by atoms with Crippen molar-refractivity contribution >= 4 is 12.0 Å². The zero-order valence-corrected chi connectivity index (χ0v) is 8.77. The minimum Gasteiger partial charge on any atom is -0.480 e. The quantitative estimate of drug-likeness (QED) is 0.672. The first kappa shape index (κ1) is 12.0. The number of carbonyl (C=O) groups excluding carboxylic acids is 1. The van der Waals surface area contributed by atoms with Crippen LogP contribution in [0.5, 0.6) is 0 Å². The molecule has 3 N–H and O–H groups in total. The molecule has 1 rings (SSSR count). The fourth-order valence-corrected chi connectivity index (χ4v) is 1.05. The van der Waals surface area contributed by atoms with Crippen LogP contribution in [0.25, 0.3) is 0 Å². The van der Waals surface area contributed by atoms with Crippen LogP contribution in [0, 0.1) is 0 Å². The molecule has 1 atom stereocenters. The Balaban J connectivity index is 2.33. The van der Waals surface area contributed by atoms with E-state index in [0.29, 0.717) is 12.1 Å². The molecule has 0 unspecified atom stereocenters. The molecule has 2 amide bonds. The van der Waals surface area contributed by atoms with E-state index < -0.39 is 18.0 Å². The maximum absolute atomic E-state index is 11.3. The first-order valence-electron chi connectivity index (χ1n) is 4.80. The Labute approximate surface area is 91.8 Å². The number of carbonyl (C=O) groups is 2. The monoisotopic (exact) mass is 227 g/mol. The standard InChI is InChI=1S/C9H13N3O4/c1-2-7(8(13)14)11-9(15)10-5-6-3-4-16-12-6/h3-4,7H,2,5H2,1H3,(H,13,14)(H2,10,11,15)/t7-/m1/s1. The molecule has 0 aromatic carbocycles. The molecule has 0 fully saturated rings. The molecule has 0 aliphatic carbocycles. The third-order valence-electron chi connectivity index (χ3n) is 1.93. The van der Waals surface area contributed by atoms with Crippen LogP contribution < -0.4 is 10.6 Å². The van der Waals surface area contributed by atoms with Gasteiger partial charge in [-0.1, -0.05) is 12.1 Å². The van der Waals surface area contributed by atoms with Crippen LogP contribution >= 0.6 is 0 Å². The predicted molar refractivity (Wildman–Crippen MR) is 53.6 cm³/mol. The number of carboxylic acids is 1. The molecule has 0 saturated carbocycles. The molecule has 1 aromatic rings. The maximum atomic E-state index is 11.3. The third-order valence-corrected chi connectivity index (χ3v) is 1.93. The molecule has 1 heterocycles. The van der Waals surface area contributed by atoms with Crippen molar-refractivity contribution in [2.24, 2.45) is 0 Å². The Kier molecular flexibility index (Phi) is 4.31. The van der Waals surface area contributed by atoms with Gasteiger partial charge in [-0.15, -0.1) is 0 Å². The van der Waals surface area contributed by atoms with Gasteiger partial charge in [0.25, 0.3) is 0 Å². The van der Waals surface area contributed by atoms with E-state index in [1.54, 1.807) is 13.0 Å². The van der Waals surface area contributed by atoms with E-state index >= 15 is 0 Å². The normalized spacial score (nSPS) is 11.8. The van der Waals surface area contributed by atoms with Crippen molar-refractivity contribution in [1.82, 2.24) is 15.8 Å². The van der Waals surface area contributed by atoms with Crippen LogP contribution in [-0.2, 0) is 11.3 Å². The summed E-state index contributed by atoms with van der Waals surface area (Å²) in [6, 6.07) is 0.184. The van der Waals surface area contributed by atoms with Gasteiger partial charge in [-0.3, -0.25) is 0 Å². The molecule has 0 aliphatic heterocycles. The first-order valence-corrected chi connectivity index (χ1v) is 4.80. The van der Waals surface area contributed by atoms with Crippen molar-refractivity contribution in [3.05, 3.63) is 18.0 Å². The van der Waals surface area contributed by atoms with Crippen LogP contribution in [0.2, 0.25) is 0 Å². The van der Waals surface area contributed by atoms with Gasteiger partial charge in [0.05, 0.1) is 6.54 Å². The van der Waals surface area contributed by atoms with E-state index in [4.69, 9.17) is 5.11 Å². The number of rotatable bonds is 5. The molecule has 0 saturated heterocycles. The molecule has 0 spiro atoms. The highest BCUT2D eigenvalue weighted by molar-refractivity contribution is 5.82. The average Bonchev–Trinajstić information content (AvgIpc) is 2.75. The average molecular weight is 227 g/mol. The molecule has 0 bridgehead atoms. The highest BCUT2D eigenvalue weighted by atomic mass is 16.5. The molecule has 7 nitrogen and oxygen atoms in total. The van der Waals surface area contributed by atoms with Gasteiger partial charge in [0.2, 0.25) is 0 Å². The molecule has 88 valence electrons. The van der Waals surface area contributed by atoms with Crippen molar-refractivity contribution in [3.8, 4) is 0 Å². The maximum Gasteiger partial charge on any atom is 0.326 e. The van der Waals surface area contributed by atoms with Gasteiger partial charge in [-0.05, 0) is 6.42 Å². The van der Waals surface area contributed by atoms with E-state index in [9.17, 15) is 9.59 Å². The van der Waals surface area contributed by atoms with Crippen molar-refractivity contribution < 1.29 is 19.2 Å². The number of aromatic nitrogens is 1. The topological polar surface area (TPSA) is 104 Å². The summed E-state index contributed by atoms with van der Waals surface area (Å²) in [5.74, 6) is -1.06. The highest BCUT2D eigenvalue weighted by Gasteiger charge is 2.17. The highest BCUT2D eigenvalue weighted by Crippen LogP contribution is 1.94. The predicted octanol–water partition coefficient (Wildman–Crippen LogP) is 0.337. The molecule has 1 aromatic heterocycles. The Bertz CT molecular complexity index is 350. The summed E-state index contributed by atoms with van der Waals surface area (Å²) >= 11 is 0. The lowest BCUT2D eigenvalue weighted by atomic mass is 10.2. The molecular weight excluding hydrogens is 214 g/mol. The fourth-order valence-electron chi connectivity index (χ4n) is 1.05. The molecule has 7 heteroatoms. The fraction of sp³-hybridized carbons (Fsp3) is 0.444. The second kappa shape index (κ2) is 5.74. The summed E-state index contributed by atoms with van der Waals surface area (Å²) in [4.78, 5) is 21.9. The minimum atomic E-state index is -1.06. The van der Waals surface area contributed by atoms with Gasteiger partial charge in [0, 0.05) is 6.07 Å². The lowest BCUT2D eigenvalue weighted by molar-refractivity contribution is -0.139. The zero-order chi connectivity index (χ0) is 12.0. The molecule has 0 aliphatic rings. The Morgan fingerprint density at radius 1 is 1.62 bits per heavy atom. The van der Waals surface area contributed by atoms with Gasteiger partial charge in [-0.2, -0.15) is 0 Å². The third kappa shape index (κ3) is 3.60. The van der Waals surface area contributed by atoms with Crippen molar-refractivity contribution in [2.75, 3.05) is 0 Å². The van der Waals surface area contributed by atoms with E-state index in [0.717, 1.165) is 0 Å². The summed E-state index contributed by atoms with van der Waals surface area (Å²) in [7, 11) is 0. The van der Waals surface area contributed by atoms with E-state index in [1.165, 1.54) is 6.26 Å². The summed E-state index contributed by atoms with van der Waals surface area (Å²) in [6.07, 6.45) is 1.72. The van der Waals surface area contributed by atoms with Crippen molar-refractivity contribution in [3.63, 3.8) is 0 Å². The van der Waals surface area contributed by atoms with Crippen LogP contribution in [0.15, 0.2) is 16.9 Å². The number of nitrogens with zero attached hydrogens (tertiary/aromatic N) is 1. The second-order valence-corrected chi connectivity index (χ2v) is 3.12. The zero-order valence-electron chi connectivity index (χ0n) is 8.77. The largest absolute Gasteiger partial charge is 0.480 e. The van der Waals surface area contributed by atoms with Crippen molar-refractivity contribution in [2.45, 2.75) is 25.9 Å². The molecule has 16 heavy (non-hydrogen) atoms. The van der Waals surface area contributed by atoms with Crippen LogP contribution in [0.1, 0.15) is 19.0 Å². The lowest BCUT2D eigenvalue weighted by Gasteiger charge is -2.12. The van der Waals surface area contributed by atoms with Crippen molar-refractivity contribution in [1.29, 1.82) is 0 Å². The van der Waals surface area contributed by atoms with Crippen LogP contribution in [-0.4, -0.2) is 28.3 Å². The number of hydrogen-bond donors (Lipinski definition) is 3. The van der Waals surface area contributed by atoms with Gasteiger partial charge in [0.1, 0.15) is 18.0 Å². The lowest BCUT2D eigenvalue weighted by Crippen LogP contribution is -2.45. The van der Waals surface area contributed by atoms with E-state index in [1.807, 2.05) is 0 Å². The Morgan fingerprint density at radius 2 is 2.38 bits per heavy atom. The SMILES string of the molecule is CC[C@@H](NC(=O)NCc1ccon1)C(=O)O. The Morgan fingerprint density at radius 3 is 2.88 bits per heavy atom. The Hall–Kier alpha value is -2.05. The van der Waals surface area contributed by atoms with E-state index in [-0.39, 0.29) is 6.54 Å². The first-order chi connectivity index (χ1) is 7.63. The molecular formula is C9H13N3O4.